The Morgan fingerprint density at radius 1 is 1.23 bits per heavy atom. The van der Waals surface area contributed by atoms with Gasteiger partial charge in [-0.2, -0.15) is 0 Å². The lowest BCUT2D eigenvalue weighted by molar-refractivity contribution is -0.115. The lowest BCUT2D eigenvalue weighted by Gasteiger charge is -2.33. The molecule has 0 aliphatic carbocycles. The van der Waals surface area contributed by atoms with Crippen LogP contribution in [0.2, 0.25) is 0 Å². The summed E-state index contributed by atoms with van der Waals surface area (Å²) < 4.78 is 5.91. The van der Waals surface area contributed by atoms with E-state index in [4.69, 9.17) is 4.74 Å². The van der Waals surface area contributed by atoms with Crippen LogP contribution in [0.25, 0.3) is 0 Å². The molecule has 0 bridgehead atoms. The van der Waals surface area contributed by atoms with Crippen molar-refractivity contribution in [1.82, 2.24) is 15.1 Å². The molecule has 1 saturated heterocycles. The number of hydrogen-bond acceptors (Lipinski definition) is 7. The first-order chi connectivity index (χ1) is 15.2. The molecule has 1 aromatic carbocycles. The number of likely N-dealkylation sites (tertiary alicyclic amines) is 1. The summed E-state index contributed by atoms with van der Waals surface area (Å²) in [6, 6.07) is 10.7. The van der Waals surface area contributed by atoms with Crippen LogP contribution in [0, 0.1) is 0 Å². The summed E-state index contributed by atoms with van der Waals surface area (Å²) in [5.74, 6) is 2.07. The second kappa shape index (κ2) is 8.69. The maximum atomic E-state index is 12.1. The average molecular weight is 421 g/mol. The molecule has 4 aliphatic rings. The fraction of sp³-hybridized carbons (Fsp3) is 0.417. The SMILES string of the molecule is O=C1CC=NC2=C1NC=C1C=C(OCC(O)CN3CCC(c4ccccc4)CC3)CN12. The van der Waals surface area contributed by atoms with Crippen molar-refractivity contribution in [2.75, 3.05) is 32.8 Å². The van der Waals surface area contributed by atoms with Gasteiger partial charge in [0.2, 0.25) is 0 Å². The van der Waals surface area contributed by atoms with Gasteiger partial charge in [0.15, 0.2) is 11.6 Å². The second-order valence-corrected chi connectivity index (χ2v) is 8.50. The lowest BCUT2D eigenvalue weighted by atomic mass is 9.89. The Hall–Kier alpha value is -2.90. The molecule has 7 nitrogen and oxygen atoms in total. The van der Waals surface area contributed by atoms with E-state index in [0.29, 0.717) is 36.9 Å². The monoisotopic (exact) mass is 420 g/mol. The number of aliphatic hydroxyl groups excluding tert-OH is 1. The van der Waals surface area contributed by atoms with Crippen LogP contribution in [-0.4, -0.2) is 65.8 Å². The number of aliphatic hydroxyl groups is 1. The summed E-state index contributed by atoms with van der Waals surface area (Å²) in [5.41, 5.74) is 2.87. The van der Waals surface area contributed by atoms with Crippen LogP contribution in [0.5, 0.6) is 0 Å². The second-order valence-electron chi connectivity index (χ2n) is 8.50. The number of nitrogens with one attached hydrogen (secondary N) is 1. The Morgan fingerprint density at radius 3 is 2.84 bits per heavy atom. The molecule has 0 aromatic heterocycles. The van der Waals surface area contributed by atoms with Gasteiger partial charge < -0.3 is 25.0 Å². The van der Waals surface area contributed by atoms with E-state index < -0.39 is 6.10 Å². The van der Waals surface area contributed by atoms with E-state index in [1.807, 2.05) is 11.0 Å². The van der Waals surface area contributed by atoms with Crippen molar-refractivity contribution in [3.05, 3.63) is 71.1 Å². The average Bonchev–Trinajstić information content (AvgIpc) is 3.23. The standard InChI is InChI=1S/C24H28N4O3/c29-20(14-27-10-7-18(8-11-27)17-4-2-1-3-5-17)16-31-21-12-19-13-26-23-22(30)6-9-25-24(23)28(19)15-21/h1-5,9,12-13,18,20,26,29H,6-8,10-11,14-16H2. The van der Waals surface area contributed by atoms with Crippen molar-refractivity contribution in [2.24, 2.45) is 4.99 Å². The van der Waals surface area contributed by atoms with E-state index in [9.17, 15) is 9.90 Å². The summed E-state index contributed by atoms with van der Waals surface area (Å²) in [6.07, 6.45) is 7.42. The number of rotatable bonds is 6. The molecule has 0 spiro atoms. The summed E-state index contributed by atoms with van der Waals surface area (Å²) in [6.45, 7) is 3.39. The molecule has 0 radical (unpaired) electrons. The molecule has 2 N–H and O–H groups in total. The van der Waals surface area contributed by atoms with Gasteiger partial charge in [-0.1, -0.05) is 30.3 Å². The number of Topliss-reactive ketones (excluding diaryl/α,β-unsaturated/α-hetero) is 1. The van der Waals surface area contributed by atoms with Crippen LogP contribution in [0.15, 0.2) is 70.6 Å². The molecule has 162 valence electrons. The molecule has 5 rings (SSSR count). The van der Waals surface area contributed by atoms with E-state index in [1.54, 1.807) is 12.4 Å². The fourth-order valence-corrected chi connectivity index (χ4v) is 4.67. The summed E-state index contributed by atoms with van der Waals surface area (Å²) >= 11 is 0. The minimum atomic E-state index is -0.539. The number of benzene rings is 1. The molecule has 7 heteroatoms. The Bertz CT molecular complexity index is 958. The number of hydrogen-bond donors (Lipinski definition) is 2. The zero-order valence-electron chi connectivity index (χ0n) is 17.5. The lowest BCUT2D eigenvalue weighted by Crippen LogP contribution is -2.40. The fourth-order valence-electron chi connectivity index (χ4n) is 4.67. The van der Waals surface area contributed by atoms with Crippen molar-refractivity contribution < 1.29 is 14.6 Å². The number of ether oxygens (including phenoxy) is 1. The predicted octanol–water partition coefficient (Wildman–Crippen LogP) is 2.10. The van der Waals surface area contributed by atoms with E-state index >= 15 is 0 Å². The zero-order valence-corrected chi connectivity index (χ0v) is 17.5. The maximum Gasteiger partial charge on any atom is 0.188 e. The first-order valence-electron chi connectivity index (χ1n) is 11.0. The largest absolute Gasteiger partial charge is 0.493 e. The van der Waals surface area contributed by atoms with Crippen LogP contribution >= 0.6 is 0 Å². The molecule has 1 atom stereocenters. The van der Waals surface area contributed by atoms with Crippen LogP contribution in [0.1, 0.15) is 30.7 Å². The number of aliphatic imine (C=N–C) groups is 1. The van der Waals surface area contributed by atoms with E-state index in [1.165, 1.54) is 5.56 Å². The van der Waals surface area contributed by atoms with E-state index in [-0.39, 0.29) is 12.4 Å². The summed E-state index contributed by atoms with van der Waals surface area (Å²) in [4.78, 5) is 20.7. The van der Waals surface area contributed by atoms with Crippen molar-refractivity contribution in [3.8, 4) is 0 Å². The summed E-state index contributed by atoms with van der Waals surface area (Å²) in [7, 11) is 0. The van der Waals surface area contributed by atoms with Crippen molar-refractivity contribution in [3.63, 3.8) is 0 Å². The number of piperidine rings is 1. The van der Waals surface area contributed by atoms with Crippen molar-refractivity contribution in [2.45, 2.75) is 31.3 Å². The highest BCUT2D eigenvalue weighted by molar-refractivity contribution is 6.05. The minimum Gasteiger partial charge on any atom is -0.493 e. The van der Waals surface area contributed by atoms with Crippen LogP contribution in [0.4, 0.5) is 0 Å². The molecule has 0 amide bonds. The molecule has 1 aromatic rings. The first-order valence-corrected chi connectivity index (χ1v) is 11.0. The topological polar surface area (TPSA) is 77.4 Å². The number of carbonyl (C=O) groups is 1. The smallest absolute Gasteiger partial charge is 0.188 e. The van der Waals surface area contributed by atoms with Crippen molar-refractivity contribution in [1.29, 1.82) is 0 Å². The predicted molar refractivity (Wildman–Crippen MR) is 118 cm³/mol. The molecule has 1 unspecified atom stereocenters. The first kappa shape index (κ1) is 20.0. The number of ketones is 1. The zero-order chi connectivity index (χ0) is 21.2. The van der Waals surface area contributed by atoms with Gasteiger partial charge in [-0.15, -0.1) is 0 Å². The molecule has 4 aliphatic heterocycles. The van der Waals surface area contributed by atoms with Gasteiger partial charge in [0.25, 0.3) is 0 Å². The Kier molecular flexibility index (Phi) is 5.61. The van der Waals surface area contributed by atoms with E-state index in [0.717, 1.165) is 37.4 Å². The third-order valence-corrected chi connectivity index (χ3v) is 6.34. The maximum absolute atomic E-state index is 12.1. The normalized spacial score (nSPS) is 22.5. The Labute approximate surface area is 182 Å². The summed E-state index contributed by atoms with van der Waals surface area (Å²) in [5, 5.41) is 13.6. The van der Waals surface area contributed by atoms with Gasteiger partial charge in [-0.25, -0.2) is 4.99 Å². The van der Waals surface area contributed by atoms with Gasteiger partial charge >= 0.3 is 0 Å². The highest BCUT2D eigenvalue weighted by Gasteiger charge is 2.32. The van der Waals surface area contributed by atoms with Gasteiger partial charge in [0, 0.05) is 31.5 Å². The van der Waals surface area contributed by atoms with Crippen LogP contribution in [-0.2, 0) is 9.53 Å². The van der Waals surface area contributed by atoms with Gasteiger partial charge in [-0.3, -0.25) is 4.79 Å². The van der Waals surface area contributed by atoms with Gasteiger partial charge in [-0.05, 0) is 37.4 Å². The molecular weight excluding hydrogens is 392 g/mol. The molecule has 0 saturated carbocycles. The molecular formula is C24H28N4O3. The molecule has 4 heterocycles. The Morgan fingerprint density at radius 2 is 2.03 bits per heavy atom. The third-order valence-electron chi connectivity index (χ3n) is 6.34. The number of allylic oxidation sites excluding steroid dienone is 2. The Balaban J connectivity index is 1.09. The number of nitrogens with zero attached hydrogens (tertiary/aromatic N) is 3. The van der Waals surface area contributed by atoms with Crippen molar-refractivity contribution >= 4 is 12.0 Å². The van der Waals surface area contributed by atoms with Gasteiger partial charge in [0.05, 0.1) is 12.2 Å². The van der Waals surface area contributed by atoms with Crippen LogP contribution in [0.3, 0.4) is 0 Å². The van der Waals surface area contributed by atoms with Gasteiger partial charge in [0.1, 0.15) is 24.2 Å². The highest BCUT2D eigenvalue weighted by Crippen LogP contribution is 2.31. The number of β-amino-alcohol motifs (C(OH)–C–C–N with tert-alkyl or cyclic N) is 1. The van der Waals surface area contributed by atoms with Crippen LogP contribution < -0.4 is 5.32 Å². The number of fused-ring (bicyclic) bond motifs is 2. The highest BCUT2D eigenvalue weighted by atomic mass is 16.5. The third kappa shape index (κ3) is 4.29. The quantitative estimate of drug-likeness (QED) is 0.734. The molecule has 31 heavy (non-hydrogen) atoms. The van der Waals surface area contributed by atoms with E-state index in [2.05, 4.69) is 45.5 Å². The minimum absolute atomic E-state index is 0.0427. The molecule has 1 fully saturated rings. The number of carbonyl (C=O) groups excluding carboxylic acids is 1.